The zero-order valence-corrected chi connectivity index (χ0v) is 16.4. The number of benzene rings is 2. The number of carbonyl (C=O) groups is 2. The molecule has 0 spiro atoms. The number of hydrogen-bond donors (Lipinski definition) is 4. The van der Waals surface area contributed by atoms with Crippen molar-refractivity contribution >= 4 is 45.2 Å². The zero-order chi connectivity index (χ0) is 23.2. The molecule has 0 saturated heterocycles. The molecule has 4 N–H and O–H groups in total. The van der Waals surface area contributed by atoms with Crippen molar-refractivity contribution in [2.24, 2.45) is 0 Å². The predicted octanol–water partition coefficient (Wildman–Crippen LogP) is 3.36. The number of rotatable bonds is 4. The molecule has 1 amide bonds. The molecule has 11 heteroatoms. The molecule has 0 aliphatic carbocycles. The first-order chi connectivity index (χ1) is 15.2. The minimum Gasteiger partial charge on any atom is -0.506 e. The van der Waals surface area contributed by atoms with Crippen LogP contribution in [0.2, 0.25) is 0 Å². The molecular weight excluding hydrogens is 420 g/mol. The monoisotopic (exact) mass is 434 g/mol. The number of carboxylic acid groups (broad SMARTS) is 1. The number of nitro groups is 1. The molecule has 2 aromatic carbocycles. The van der Waals surface area contributed by atoms with Crippen LogP contribution in [0, 0.1) is 17.0 Å². The third-order valence-corrected chi connectivity index (χ3v) is 4.82. The zero-order valence-electron chi connectivity index (χ0n) is 16.4. The molecule has 2 heterocycles. The van der Waals surface area contributed by atoms with E-state index in [2.05, 4.69) is 15.3 Å². The van der Waals surface area contributed by atoms with Crippen LogP contribution in [0.5, 0.6) is 11.5 Å². The van der Waals surface area contributed by atoms with Gasteiger partial charge < -0.3 is 20.6 Å². The van der Waals surface area contributed by atoms with Gasteiger partial charge in [-0.2, -0.15) is 0 Å². The van der Waals surface area contributed by atoms with Gasteiger partial charge >= 0.3 is 5.97 Å². The minimum atomic E-state index is -1.54. The predicted molar refractivity (Wildman–Crippen MR) is 113 cm³/mol. The first-order valence-corrected chi connectivity index (χ1v) is 9.12. The molecular formula is C21H14N4O7. The van der Waals surface area contributed by atoms with E-state index in [1.807, 2.05) is 0 Å². The highest BCUT2D eigenvalue weighted by Gasteiger charge is 2.24. The van der Waals surface area contributed by atoms with Crippen LogP contribution in [0.3, 0.4) is 0 Å². The number of aromatic hydroxyl groups is 2. The van der Waals surface area contributed by atoms with Gasteiger partial charge in [0.2, 0.25) is 0 Å². The summed E-state index contributed by atoms with van der Waals surface area (Å²) in [5.74, 6) is -3.34. The number of amides is 1. The van der Waals surface area contributed by atoms with Crippen molar-refractivity contribution in [1.29, 1.82) is 0 Å². The van der Waals surface area contributed by atoms with Crippen LogP contribution in [-0.2, 0) is 0 Å². The Hall–Kier alpha value is -4.80. The first kappa shape index (κ1) is 20.5. The Labute approximate surface area is 178 Å². The number of phenolic OH excluding ortho intramolecular Hbond substituents is 1. The van der Waals surface area contributed by atoms with Crippen molar-refractivity contribution in [3.63, 3.8) is 0 Å². The second-order valence-electron chi connectivity index (χ2n) is 6.88. The molecule has 0 aliphatic heterocycles. The van der Waals surface area contributed by atoms with Crippen LogP contribution in [0.4, 0.5) is 11.5 Å². The Morgan fingerprint density at radius 3 is 2.34 bits per heavy atom. The number of hydrogen-bond acceptors (Lipinski definition) is 8. The van der Waals surface area contributed by atoms with E-state index < -0.39 is 33.8 Å². The summed E-state index contributed by atoms with van der Waals surface area (Å²) < 4.78 is 0. The number of nitro benzene ring substituents is 1. The maximum Gasteiger partial charge on any atom is 0.339 e. The molecule has 0 fully saturated rings. The van der Waals surface area contributed by atoms with Crippen molar-refractivity contribution in [1.82, 2.24) is 9.97 Å². The first-order valence-electron chi connectivity index (χ1n) is 9.12. The van der Waals surface area contributed by atoms with Gasteiger partial charge in [-0.1, -0.05) is 0 Å². The third-order valence-electron chi connectivity index (χ3n) is 4.82. The maximum atomic E-state index is 12.7. The second-order valence-corrected chi connectivity index (χ2v) is 6.88. The number of carbonyl (C=O) groups excluding carboxylic acids is 1. The maximum absolute atomic E-state index is 12.7. The van der Waals surface area contributed by atoms with Crippen molar-refractivity contribution < 1.29 is 29.8 Å². The molecule has 0 atom stereocenters. The highest BCUT2D eigenvalue weighted by molar-refractivity contribution is 6.10. The molecule has 0 saturated carbocycles. The number of nitrogens with zero attached hydrogens (tertiary/aromatic N) is 3. The van der Waals surface area contributed by atoms with Gasteiger partial charge in [0.05, 0.1) is 21.4 Å². The highest BCUT2D eigenvalue weighted by Crippen LogP contribution is 2.36. The summed E-state index contributed by atoms with van der Waals surface area (Å²) in [6.07, 6.45) is 0. The number of pyridine rings is 2. The Morgan fingerprint density at radius 2 is 1.66 bits per heavy atom. The number of anilines is 1. The fourth-order valence-corrected chi connectivity index (χ4v) is 3.29. The number of phenols is 2. The molecule has 0 radical (unpaired) electrons. The van der Waals surface area contributed by atoms with Crippen LogP contribution in [-0.4, -0.2) is 42.1 Å². The van der Waals surface area contributed by atoms with Gasteiger partial charge in [-0.3, -0.25) is 19.9 Å². The smallest absolute Gasteiger partial charge is 0.339 e. The highest BCUT2D eigenvalue weighted by atomic mass is 16.6. The molecule has 0 aliphatic rings. The Balaban J connectivity index is 1.76. The molecule has 0 unspecified atom stereocenters. The van der Waals surface area contributed by atoms with E-state index in [1.165, 1.54) is 18.2 Å². The third kappa shape index (κ3) is 3.37. The molecule has 0 bridgehead atoms. The van der Waals surface area contributed by atoms with Crippen molar-refractivity contribution in [3.8, 4) is 11.5 Å². The van der Waals surface area contributed by atoms with Crippen LogP contribution in [0.15, 0.2) is 42.5 Å². The number of aromatic carboxylic acids is 1. The van der Waals surface area contributed by atoms with E-state index >= 15 is 0 Å². The SMILES string of the molecule is Cc1ccc2c(O)c(C(=O)Nc3ccc4c(O)c(C(=O)O)cc([N+](=O)[O-])c4n3)ccc2n1. The largest absolute Gasteiger partial charge is 0.506 e. The standard InChI is InChI=1S/C21H14N4O7/c1-9-2-3-10-14(22-9)6-4-12(18(10)26)20(28)24-16-7-5-11-17(23-16)15(25(31)32)8-13(19(11)27)21(29)30/h2-8,26-27H,1H3,(H,29,30)(H,23,24,28). The van der Waals surface area contributed by atoms with Gasteiger partial charge in [0.15, 0.2) is 5.52 Å². The van der Waals surface area contributed by atoms with E-state index in [0.29, 0.717) is 17.0 Å². The lowest BCUT2D eigenvalue weighted by molar-refractivity contribution is -0.383. The van der Waals surface area contributed by atoms with Gasteiger partial charge in [-0.25, -0.2) is 9.78 Å². The van der Waals surface area contributed by atoms with Gasteiger partial charge in [0, 0.05) is 17.1 Å². The quantitative estimate of drug-likeness (QED) is 0.277. The topological polar surface area (TPSA) is 176 Å². The minimum absolute atomic E-state index is 0.0661. The summed E-state index contributed by atoms with van der Waals surface area (Å²) in [5, 5.41) is 43.9. The molecule has 11 nitrogen and oxygen atoms in total. The number of aromatic nitrogens is 2. The molecule has 4 aromatic rings. The summed E-state index contributed by atoms with van der Waals surface area (Å²) in [6.45, 7) is 1.79. The Bertz CT molecular complexity index is 1470. The number of fused-ring (bicyclic) bond motifs is 2. The normalized spacial score (nSPS) is 10.9. The van der Waals surface area contributed by atoms with Gasteiger partial charge in [0.1, 0.15) is 22.9 Å². The average molecular weight is 434 g/mol. The Morgan fingerprint density at radius 1 is 0.969 bits per heavy atom. The van der Waals surface area contributed by atoms with Crippen LogP contribution >= 0.6 is 0 Å². The number of aryl methyl sites for hydroxylation is 1. The molecule has 2 aromatic heterocycles. The lowest BCUT2D eigenvalue weighted by Crippen LogP contribution is -2.13. The fourth-order valence-electron chi connectivity index (χ4n) is 3.29. The van der Waals surface area contributed by atoms with Crippen molar-refractivity contribution in [2.75, 3.05) is 5.32 Å². The lowest BCUT2D eigenvalue weighted by Gasteiger charge is -2.10. The van der Waals surface area contributed by atoms with E-state index in [9.17, 15) is 29.9 Å². The van der Waals surface area contributed by atoms with Crippen LogP contribution < -0.4 is 5.32 Å². The summed E-state index contributed by atoms with van der Waals surface area (Å²) >= 11 is 0. The van der Waals surface area contributed by atoms with Gasteiger partial charge in [0.25, 0.3) is 11.6 Å². The summed E-state index contributed by atoms with van der Waals surface area (Å²) in [7, 11) is 0. The van der Waals surface area contributed by atoms with E-state index in [0.717, 1.165) is 5.69 Å². The van der Waals surface area contributed by atoms with Crippen molar-refractivity contribution in [3.05, 3.63) is 69.4 Å². The number of non-ortho nitro benzene ring substituents is 1. The average Bonchev–Trinajstić information content (AvgIpc) is 2.73. The van der Waals surface area contributed by atoms with Gasteiger partial charge in [-0.15, -0.1) is 0 Å². The molecule has 160 valence electrons. The summed E-state index contributed by atoms with van der Waals surface area (Å²) in [6, 6.07) is 9.42. The summed E-state index contributed by atoms with van der Waals surface area (Å²) in [5.41, 5.74) is -0.427. The fraction of sp³-hybridized carbons (Fsp3) is 0.0476. The van der Waals surface area contributed by atoms with E-state index in [-0.39, 0.29) is 28.0 Å². The van der Waals surface area contributed by atoms with Crippen LogP contribution in [0.1, 0.15) is 26.4 Å². The van der Waals surface area contributed by atoms with E-state index in [1.54, 1.807) is 25.1 Å². The summed E-state index contributed by atoms with van der Waals surface area (Å²) in [4.78, 5) is 42.8. The lowest BCUT2D eigenvalue weighted by atomic mass is 10.1. The van der Waals surface area contributed by atoms with Crippen LogP contribution in [0.25, 0.3) is 21.8 Å². The van der Waals surface area contributed by atoms with Crippen molar-refractivity contribution in [2.45, 2.75) is 6.92 Å². The number of carboxylic acids is 1. The molecule has 4 rings (SSSR count). The van der Waals surface area contributed by atoms with E-state index in [4.69, 9.17) is 5.11 Å². The van der Waals surface area contributed by atoms with Gasteiger partial charge in [-0.05, 0) is 43.3 Å². The number of nitrogens with one attached hydrogen (secondary N) is 1. The molecule has 32 heavy (non-hydrogen) atoms. The Kier molecular flexibility index (Phi) is 4.78. The second kappa shape index (κ2) is 7.47.